The van der Waals surface area contributed by atoms with Gasteiger partial charge in [0.2, 0.25) is 5.91 Å². The first kappa shape index (κ1) is 22.1. The molecule has 0 saturated heterocycles. The fraction of sp³-hybridized carbons (Fsp3) is 0.417. The Bertz CT molecular complexity index is 914. The van der Waals surface area contributed by atoms with Crippen molar-refractivity contribution in [3.8, 4) is 5.75 Å². The first-order valence-corrected chi connectivity index (χ1v) is 11.4. The van der Waals surface area contributed by atoms with Gasteiger partial charge in [-0.25, -0.2) is 4.79 Å². The summed E-state index contributed by atoms with van der Waals surface area (Å²) in [5, 5.41) is 3.49. The maximum absolute atomic E-state index is 12.6. The molecular formula is C24H29NO4S. The molecule has 0 bridgehead atoms. The van der Waals surface area contributed by atoms with E-state index in [1.807, 2.05) is 24.3 Å². The highest BCUT2D eigenvalue weighted by molar-refractivity contribution is 7.17. The van der Waals surface area contributed by atoms with Crippen molar-refractivity contribution in [2.45, 2.75) is 52.4 Å². The van der Waals surface area contributed by atoms with Crippen LogP contribution in [0.2, 0.25) is 0 Å². The summed E-state index contributed by atoms with van der Waals surface area (Å²) in [5.74, 6) is 0.485. The SMILES string of the molecule is CCCOc1ccc(/C=C/C(=O)Nc2sc3c(c2C(=O)OCC)C(C)CCC3)cc1. The lowest BCUT2D eigenvalue weighted by Crippen LogP contribution is -2.15. The Morgan fingerprint density at radius 1 is 1.23 bits per heavy atom. The van der Waals surface area contributed by atoms with Crippen LogP contribution in [0.3, 0.4) is 0 Å². The van der Waals surface area contributed by atoms with Crippen LogP contribution in [0.25, 0.3) is 6.08 Å². The molecule has 0 fully saturated rings. The van der Waals surface area contributed by atoms with Crippen LogP contribution in [0.1, 0.15) is 72.3 Å². The minimum atomic E-state index is -0.356. The molecule has 1 heterocycles. The van der Waals surface area contributed by atoms with E-state index < -0.39 is 0 Å². The number of rotatable bonds is 8. The average Bonchev–Trinajstić information content (AvgIpc) is 3.11. The van der Waals surface area contributed by atoms with Crippen LogP contribution >= 0.6 is 11.3 Å². The Labute approximate surface area is 182 Å². The summed E-state index contributed by atoms with van der Waals surface area (Å²) < 4.78 is 10.9. The summed E-state index contributed by atoms with van der Waals surface area (Å²) >= 11 is 1.50. The summed E-state index contributed by atoms with van der Waals surface area (Å²) in [4.78, 5) is 26.3. The van der Waals surface area contributed by atoms with Crippen molar-refractivity contribution in [3.05, 3.63) is 51.9 Å². The van der Waals surface area contributed by atoms with Gasteiger partial charge in [0, 0.05) is 11.0 Å². The predicted molar refractivity (Wildman–Crippen MR) is 122 cm³/mol. The molecule has 1 aromatic heterocycles. The second kappa shape index (κ2) is 10.4. The van der Waals surface area contributed by atoms with Gasteiger partial charge in [0.1, 0.15) is 10.8 Å². The molecule has 1 aromatic carbocycles. The number of carbonyl (C=O) groups excluding carboxylic acids is 2. The van der Waals surface area contributed by atoms with Crippen molar-refractivity contribution in [2.75, 3.05) is 18.5 Å². The second-order valence-electron chi connectivity index (χ2n) is 7.40. The van der Waals surface area contributed by atoms with Crippen LogP contribution in [0.4, 0.5) is 5.00 Å². The van der Waals surface area contributed by atoms with Gasteiger partial charge >= 0.3 is 5.97 Å². The molecule has 1 aliphatic rings. The summed E-state index contributed by atoms with van der Waals surface area (Å²) in [7, 11) is 0. The number of nitrogens with one attached hydrogen (secondary N) is 1. The van der Waals surface area contributed by atoms with Crippen molar-refractivity contribution in [1.82, 2.24) is 0 Å². The lowest BCUT2D eigenvalue weighted by molar-refractivity contribution is -0.111. The molecule has 0 radical (unpaired) electrons. The van der Waals surface area contributed by atoms with E-state index in [1.165, 1.54) is 22.3 Å². The monoisotopic (exact) mass is 427 g/mol. The van der Waals surface area contributed by atoms with Crippen molar-refractivity contribution in [3.63, 3.8) is 0 Å². The molecule has 1 amide bonds. The molecule has 160 valence electrons. The van der Waals surface area contributed by atoms with Gasteiger partial charge in [-0.2, -0.15) is 0 Å². The molecule has 6 heteroatoms. The van der Waals surface area contributed by atoms with Gasteiger partial charge in [0.25, 0.3) is 0 Å². The molecule has 3 rings (SSSR count). The molecule has 30 heavy (non-hydrogen) atoms. The molecule has 1 N–H and O–H groups in total. The van der Waals surface area contributed by atoms with Gasteiger partial charge in [0.05, 0.1) is 18.8 Å². The molecule has 1 unspecified atom stereocenters. The molecule has 2 aromatic rings. The van der Waals surface area contributed by atoms with Crippen LogP contribution in [0, 0.1) is 0 Å². The Balaban J connectivity index is 1.74. The zero-order valence-corrected chi connectivity index (χ0v) is 18.6. The Morgan fingerprint density at radius 2 is 2.00 bits per heavy atom. The third-order valence-corrected chi connectivity index (χ3v) is 6.23. The molecule has 1 atom stereocenters. The van der Waals surface area contributed by atoms with Crippen LogP contribution in [-0.2, 0) is 16.0 Å². The van der Waals surface area contributed by atoms with Crippen molar-refractivity contribution < 1.29 is 19.1 Å². The number of esters is 1. The largest absolute Gasteiger partial charge is 0.494 e. The molecule has 5 nitrogen and oxygen atoms in total. The van der Waals surface area contributed by atoms with E-state index in [1.54, 1.807) is 13.0 Å². The van der Waals surface area contributed by atoms with Gasteiger partial charge in [0.15, 0.2) is 0 Å². The van der Waals surface area contributed by atoms with Gasteiger partial charge in [-0.05, 0) is 67.9 Å². The number of anilines is 1. The summed E-state index contributed by atoms with van der Waals surface area (Å²) in [5.41, 5.74) is 2.48. The first-order chi connectivity index (χ1) is 14.5. The number of amides is 1. The number of benzene rings is 1. The number of aryl methyl sites for hydroxylation is 1. The highest BCUT2D eigenvalue weighted by Gasteiger charge is 2.30. The van der Waals surface area contributed by atoms with Gasteiger partial charge in [-0.3, -0.25) is 4.79 Å². The molecular weight excluding hydrogens is 398 g/mol. The summed E-state index contributed by atoms with van der Waals surface area (Å²) in [6, 6.07) is 7.59. The highest BCUT2D eigenvalue weighted by atomic mass is 32.1. The smallest absolute Gasteiger partial charge is 0.341 e. The van der Waals surface area contributed by atoms with E-state index in [2.05, 4.69) is 19.2 Å². The second-order valence-corrected chi connectivity index (χ2v) is 8.50. The van der Waals surface area contributed by atoms with Crippen molar-refractivity contribution in [1.29, 1.82) is 0 Å². The Morgan fingerprint density at radius 3 is 2.70 bits per heavy atom. The van der Waals surface area contributed by atoms with E-state index >= 15 is 0 Å². The number of fused-ring (bicyclic) bond motifs is 1. The lowest BCUT2D eigenvalue weighted by atomic mass is 9.86. The zero-order valence-electron chi connectivity index (χ0n) is 17.8. The summed E-state index contributed by atoms with van der Waals surface area (Å²) in [6.45, 7) is 6.98. The van der Waals surface area contributed by atoms with Gasteiger partial charge < -0.3 is 14.8 Å². The third kappa shape index (κ3) is 5.30. The highest BCUT2D eigenvalue weighted by Crippen LogP contribution is 2.43. The van der Waals surface area contributed by atoms with Crippen LogP contribution in [0.15, 0.2) is 30.3 Å². The number of carbonyl (C=O) groups is 2. The van der Waals surface area contributed by atoms with Gasteiger partial charge in [-0.15, -0.1) is 11.3 Å². The number of ether oxygens (including phenoxy) is 2. The van der Waals surface area contributed by atoms with E-state index in [-0.39, 0.29) is 11.9 Å². The first-order valence-electron chi connectivity index (χ1n) is 10.6. The molecule has 0 aliphatic heterocycles. The average molecular weight is 428 g/mol. The van der Waals surface area contributed by atoms with Crippen LogP contribution in [-0.4, -0.2) is 25.1 Å². The van der Waals surface area contributed by atoms with E-state index in [4.69, 9.17) is 9.47 Å². The molecule has 0 spiro atoms. The fourth-order valence-corrected chi connectivity index (χ4v) is 4.98. The van der Waals surface area contributed by atoms with Crippen molar-refractivity contribution in [2.24, 2.45) is 0 Å². The molecule has 0 saturated carbocycles. The van der Waals surface area contributed by atoms with Crippen LogP contribution < -0.4 is 10.1 Å². The predicted octanol–water partition coefficient (Wildman–Crippen LogP) is 5.81. The number of hydrogen-bond acceptors (Lipinski definition) is 5. The zero-order chi connectivity index (χ0) is 21.5. The topological polar surface area (TPSA) is 64.6 Å². The maximum Gasteiger partial charge on any atom is 0.341 e. The third-order valence-electron chi connectivity index (χ3n) is 5.05. The van der Waals surface area contributed by atoms with E-state index in [0.29, 0.717) is 29.7 Å². The molecule has 1 aliphatic carbocycles. The van der Waals surface area contributed by atoms with Crippen molar-refractivity contribution >= 4 is 34.3 Å². The normalized spacial score (nSPS) is 15.6. The number of hydrogen-bond donors (Lipinski definition) is 1. The standard InChI is InChI=1S/C24H29NO4S/c1-4-15-29-18-12-9-17(10-13-18)11-14-20(26)25-23-22(24(27)28-5-2)21-16(3)7-6-8-19(21)30-23/h9-14,16H,4-8,15H2,1-3H3,(H,25,26)/b14-11+. The minimum Gasteiger partial charge on any atom is -0.494 e. The maximum atomic E-state index is 12.6. The van der Waals surface area contributed by atoms with E-state index in [9.17, 15) is 9.59 Å². The van der Waals surface area contributed by atoms with Crippen LogP contribution in [0.5, 0.6) is 5.75 Å². The fourth-order valence-electron chi connectivity index (χ4n) is 3.63. The lowest BCUT2D eigenvalue weighted by Gasteiger charge is -2.19. The Kier molecular flexibility index (Phi) is 7.69. The number of thiophene rings is 1. The minimum absolute atomic E-state index is 0.266. The van der Waals surface area contributed by atoms with Gasteiger partial charge in [-0.1, -0.05) is 26.0 Å². The summed E-state index contributed by atoms with van der Waals surface area (Å²) in [6.07, 6.45) is 7.27. The van der Waals surface area contributed by atoms with E-state index in [0.717, 1.165) is 42.6 Å². The quantitative estimate of drug-likeness (QED) is 0.427. The Hall–Kier alpha value is -2.60.